The van der Waals surface area contributed by atoms with Crippen LogP contribution in [0.1, 0.15) is 13.8 Å². The van der Waals surface area contributed by atoms with Crippen molar-refractivity contribution in [1.29, 1.82) is 0 Å². The van der Waals surface area contributed by atoms with Gasteiger partial charge in [-0.3, -0.25) is 9.59 Å². The number of amides is 1. The first-order valence-corrected chi connectivity index (χ1v) is 4.17. The average Bonchev–Trinajstić information content (AvgIpc) is 2.09. The fourth-order valence-corrected chi connectivity index (χ4v) is 1.12. The average molecular weight is 196 g/mol. The van der Waals surface area contributed by atoms with Gasteiger partial charge in [0, 0.05) is 6.04 Å². The van der Waals surface area contributed by atoms with Crippen LogP contribution in [-0.4, -0.2) is 23.3 Å². The van der Waals surface area contributed by atoms with E-state index in [-0.39, 0.29) is 18.3 Å². The Balaban J connectivity index is 2.93. The molecule has 0 aliphatic carbocycles. The van der Waals surface area contributed by atoms with Gasteiger partial charge in [-0.1, -0.05) is 6.58 Å². The van der Waals surface area contributed by atoms with Crippen molar-refractivity contribution in [3.63, 3.8) is 0 Å². The van der Waals surface area contributed by atoms with Crippen molar-refractivity contribution in [3.8, 4) is 0 Å². The minimum Gasteiger partial charge on any atom is -0.421 e. The molecule has 0 bridgehead atoms. The number of hydrogen-bond acceptors (Lipinski definition) is 4. The first-order valence-electron chi connectivity index (χ1n) is 4.17. The smallest absolute Gasteiger partial charge is 0.298 e. The van der Waals surface area contributed by atoms with Crippen molar-refractivity contribution in [2.24, 2.45) is 0 Å². The van der Waals surface area contributed by atoms with Crippen LogP contribution in [0.3, 0.4) is 0 Å². The summed E-state index contributed by atoms with van der Waals surface area (Å²) in [5.41, 5.74) is 0. The summed E-state index contributed by atoms with van der Waals surface area (Å²) in [7, 11) is 0. The summed E-state index contributed by atoms with van der Waals surface area (Å²) in [6, 6.07) is 0.133. The van der Waals surface area contributed by atoms with Crippen LogP contribution in [0.15, 0.2) is 24.4 Å². The van der Waals surface area contributed by atoms with Gasteiger partial charge in [-0.2, -0.15) is 0 Å². The predicted octanol–water partition coefficient (Wildman–Crippen LogP) is 0.312. The van der Waals surface area contributed by atoms with Crippen molar-refractivity contribution in [2.45, 2.75) is 19.9 Å². The van der Waals surface area contributed by atoms with E-state index < -0.39 is 5.91 Å². The van der Waals surface area contributed by atoms with Crippen molar-refractivity contribution in [1.82, 2.24) is 10.2 Å². The van der Waals surface area contributed by atoms with Crippen LogP contribution in [0, 0.1) is 0 Å². The lowest BCUT2D eigenvalue weighted by atomic mass is 10.3. The van der Waals surface area contributed by atoms with Gasteiger partial charge in [0.2, 0.25) is 5.76 Å². The monoisotopic (exact) mass is 196 g/mol. The predicted molar refractivity (Wildman–Crippen MR) is 49.5 cm³/mol. The number of ether oxygens (including phenoxy) is 1. The maximum absolute atomic E-state index is 11.2. The minimum atomic E-state index is -0.459. The molecule has 1 N–H and O–H groups in total. The van der Waals surface area contributed by atoms with Crippen LogP contribution >= 0.6 is 0 Å². The fourth-order valence-electron chi connectivity index (χ4n) is 1.12. The van der Waals surface area contributed by atoms with Crippen LogP contribution in [0.5, 0.6) is 0 Å². The fraction of sp³-hybridized carbons (Fsp3) is 0.333. The van der Waals surface area contributed by atoms with Gasteiger partial charge < -0.3 is 15.0 Å². The number of nitrogens with one attached hydrogen (secondary N) is 1. The maximum atomic E-state index is 11.2. The lowest BCUT2D eigenvalue weighted by molar-refractivity contribution is -0.132. The molecule has 0 fully saturated rings. The number of carbonyl (C=O) groups excluding carboxylic acids is 2. The summed E-state index contributed by atoms with van der Waals surface area (Å²) in [5, 5.41) is 2.49. The normalized spacial score (nSPS) is 16.5. The summed E-state index contributed by atoms with van der Waals surface area (Å²) in [6.07, 6.45) is 1.46. The first-order chi connectivity index (χ1) is 6.56. The number of hydrogen-bond donors (Lipinski definition) is 1. The summed E-state index contributed by atoms with van der Waals surface area (Å²) in [4.78, 5) is 23.0. The van der Waals surface area contributed by atoms with E-state index in [1.54, 1.807) is 4.90 Å². The van der Waals surface area contributed by atoms with E-state index in [1.165, 1.54) is 6.20 Å². The van der Waals surface area contributed by atoms with E-state index in [0.717, 1.165) is 0 Å². The summed E-state index contributed by atoms with van der Waals surface area (Å²) in [6.45, 7) is 7.74. The Morgan fingerprint density at radius 1 is 1.64 bits per heavy atom. The highest BCUT2D eigenvalue weighted by Gasteiger charge is 2.23. The van der Waals surface area contributed by atoms with Crippen LogP contribution < -0.4 is 5.32 Å². The Morgan fingerprint density at radius 3 is 2.79 bits per heavy atom. The molecular formula is C9H12N2O3. The zero-order valence-electron chi connectivity index (χ0n) is 8.11. The Hall–Kier alpha value is -1.78. The van der Waals surface area contributed by atoms with Crippen LogP contribution in [0.2, 0.25) is 0 Å². The largest absolute Gasteiger partial charge is 0.421 e. The van der Waals surface area contributed by atoms with Gasteiger partial charge in [-0.05, 0) is 13.8 Å². The van der Waals surface area contributed by atoms with Crippen LogP contribution in [0.25, 0.3) is 0 Å². The Bertz CT molecular complexity index is 307. The van der Waals surface area contributed by atoms with Gasteiger partial charge in [-0.25, -0.2) is 0 Å². The van der Waals surface area contributed by atoms with E-state index in [0.29, 0.717) is 5.82 Å². The lowest BCUT2D eigenvalue weighted by Gasteiger charge is -2.30. The molecule has 14 heavy (non-hydrogen) atoms. The van der Waals surface area contributed by atoms with Crippen molar-refractivity contribution >= 4 is 12.4 Å². The van der Waals surface area contributed by atoms with Gasteiger partial charge in [0.1, 0.15) is 5.82 Å². The topological polar surface area (TPSA) is 58.6 Å². The second-order valence-electron chi connectivity index (χ2n) is 3.11. The van der Waals surface area contributed by atoms with E-state index in [4.69, 9.17) is 0 Å². The molecule has 0 saturated heterocycles. The lowest BCUT2D eigenvalue weighted by Crippen LogP contribution is -2.41. The summed E-state index contributed by atoms with van der Waals surface area (Å²) >= 11 is 0. The molecule has 0 saturated carbocycles. The van der Waals surface area contributed by atoms with Gasteiger partial charge in [-0.15, -0.1) is 0 Å². The first kappa shape index (κ1) is 10.3. The molecule has 5 nitrogen and oxygen atoms in total. The number of rotatable bonds is 3. The van der Waals surface area contributed by atoms with Gasteiger partial charge in [0.25, 0.3) is 12.4 Å². The van der Waals surface area contributed by atoms with Gasteiger partial charge in [0.15, 0.2) is 0 Å². The van der Waals surface area contributed by atoms with E-state index >= 15 is 0 Å². The Morgan fingerprint density at radius 2 is 2.29 bits per heavy atom. The highest BCUT2D eigenvalue weighted by Crippen LogP contribution is 2.14. The molecule has 1 aliphatic rings. The molecule has 0 aromatic heterocycles. The molecule has 0 aromatic carbocycles. The highest BCUT2D eigenvalue weighted by atomic mass is 16.5. The molecule has 1 rings (SSSR count). The molecule has 0 unspecified atom stereocenters. The number of nitrogens with zero attached hydrogens (tertiary/aromatic N) is 1. The third kappa shape index (κ3) is 1.93. The van der Waals surface area contributed by atoms with Gasteiger partial charge in [0.05, 0.1) is 6.20 Å². The summed E-state index contributed by atoms with van der Waals surface area (Å²) in [5.74, 6) is -0.0108. The van der Waals surface area contributed by atoms with Crippen LogP contribution in [0.4, 0.5) is 0 Å². The van der Waals surface area contributed by atoms with Crippen molar-refractivity contribution < 1.29 is 14.3 Å². The SMILES string of the molecule is C=C1NC(=O)C(OC=O)=CN1C(C)C. The molecule has 0 atom stereocenters. The molecule has 1 amide bonds. The summed E-state index contributed by atoms with van der Waals surface area (Å²) < 4.78 is 4.51. The Kier molecular flexibility index (Phi) is 2.91. The maximum Gasteiger partial charge on any atom is 0.298 e. The molecule has 76 valence electrons. The zero-order chi connectivity index (χ0) is 10.7. The third-order valence-electron chi connectivity index (χ3n) is 1.78. The van der Waals surface area contributed by atoms with Crippen molar-refractivity contribution in [2.75, 3.05) is 0 Å². The van der Waals surface area contributed by atoms with Gasteiger partial charge >= 0.3 is 0 Å². The zero-order valence-corrected chi connectivity index (χ0v) is 8.11. The second kappa shape index (κ2) is 3.95. The number of carbonyl (C=O) groups is 2. The molecule has 5 heteroatoms. The van der Waals surface area contributed by atoms with E-state index in [1.807, 2.05) is 13.8 Å². The molecule has 1 aliphatic heterocycles. The van der Waals surface area contributed by atoms with Crippen molar-refractivity contribution in [3.05, 3.63) is 24.4 Å². The second-order valence-corrected chi connectivity index (χ2v) is 3.11. The standard InChI is InChI=1S/C9H12N2O3/c1-6(2)11-4-8(14-5-12)9(13)10-7(11)3/h4-6H,3H2,1-2H3,(H,10,13). The van der Waals surface area contributed by atoms with E-state index in [2.05, 4.69) is 16.6 Å². The van der Waals surface area contributed by atoms with E-state index in [9.17, 15) is 9.59 Å². The third-order valence-corrected chi connectivity index (χ3v) is 1.78. The quantitative estimate of drug-likeness (QED) is 0.660. The minimum absolute atomic E-state index is 0.0268. The Labute approximate surface area is 82.0 Å². The molecule has 0 aromatic rings. The molecular weight excluding hydrogens is 184 g/mol. The van der Waals surface area contributed by atoms with Crippen LogP contribution in [-0.2, 0) is 14.3 Å². The highest BCUT2D eigenvalue weighted by molar-refractivity contribution is 5.94. The molecule has 1 heterocycles. The molecule has 0 spiro atoms. The molecule has 0 radical (unpaired) electrons.